The second-order valence-electron chi connectivity index (χ2n) is 5.87. The molecule has 25 heavy (non-hydrogen) atoms. The average Bonchev–Trinajstić information content (AvgIpc) is 3.21. The molecular formula is C18H22N4O3. The lowest BCUT2D eigenvalue weighted by Crippen LogP contribution is -2.28. The summed E-state index contributed by atoms with van der Waals surface area (Å²) in [6.07, 6.45) is 2.34. The number of amides is 1. The van der Waals surface area contributed by atoms with Gasteiger partial charge in [0.05, 0.1) is 14.2 Å². The lowest BCUT2D eigenvalue weighted by atomic mass is 10.2. The fraction of sp³-hybridized carbons (Fsp3) is 0.389. The van der Waals surface area contributed by atoms with Crippen molar-refractivity contribution in [3.63, 3.8) is 0 Å². The molecule has 2 heterocycles. The predicted octanol–water partition coefficient (Wildman–Crippen LogP) is 2.37. The largest absolute Gasteiger partial charge is 0.493 e. The summed E-state index contributed by atoms with van der Waals surface area (Å²) in [5.41, 5.74) is 0.994. The third kappa shape index (κ3) is 3.50. The number of rotatable bonds is 5. The van der Waals surface area contributed by atoms with Gasteiger partial charge < -0.3 is 19.3 Å². The molecule has 0 N–H and O–H groups in total. The standard InChI is InChI=1S/C18H22N4O3/c1-21(13-6-8-15(24-2)16(12-13)25-3)18(23)14-7-9-17(20-19-14)22-10-4-5-11-22/h6-9,12H,4-5,10-11H2,1-3H3. The van der Waals surface area contributed by atoms with Crippen molar-refractivity contribution in [1.29, 1.82) is 0 Å². The highest BCUT2D eigenvalue weighted by Gasteiger charge is 2.19. The summed E-state index contributed by atoms with van der Waals surface area (Å²) in [5, 5.41) is 8.31. The van der Waals surface area contributed by atoms with Crippen LogP contribution < -0.4 is 19.3 Å². The first kappa shape index (κ1) is 17.0. The maximum Gasteiger partial charge on any atom is 0.278 e. The van der Waals surface area contributed by atoms with E-state index in [1.54, 1.807) is 45.5 Å². The van der Waals surface area contributed by atoms with Crippen molar-refractivity contribution >= 4 is 17.4 Å². The third-order valence-electron chi connectivity index (χ3n) is 4.36. The Hall–Kier alpha value is -2.83. The Morgan fingerprint density at radius 1 is 1.04 bits per heavy atom. The second-order valence-corrected chi connectivity index (χ2v) is 5.87. The van der Waals surface area contributed by atoms with E-state index >= 15 is 0 Å². The maximum atomic E-state index is 12.7. The topological polar surface area (TPSA) is 67.8 Å². The van der Waals surface area contributed by atoms with Crippen molar-refractivity contribution in [2.45, 2.75) is 12.8 Å². The molecule has 1 aliphatic heterocycles. The number of methoxy groups -OCH3 is 2. The average molecular weight is 342 g/mol. The third-order valence-corrected chi connectivity index (χ3v) is 4.36. The van der Waals surface area contributed by atoms with Crippen LogP contribution in [0.1, 0.15) is 23.3 Å². The van der Waals surface area contributed by atoms with Gasteiger partial charge in [-0.2, -0.15) is 0 Å². The Morgan fingerprint density at radius 3 is 2.36 bits per heavy atom. The number of anilines is 2. The van der Waals surface area contributed by atoms with Crippen molar-refractivity contribution in [1.82, 2.24) is 10.2 Å². The minimum Gasteiger partial charge on any atom is -0.493 e. The van der Waals surface area contributed by atoms with Crippen LogP contribution in [0, 0.1) is 0 Å². The first-order valence-corrected chi connectivity index (χ1v) is 8.23. The highest BCUT2D eigenvalue weighted by molar-refractivity contribution is 6.04. The van der Waals surface area contributed by atoms with Crippen molar-refractivity contribution in [2.24, 2.45) is 0 Å². The molecule has 132 valence electrons. The van der Waals surface area contributed by atoms with Gasteiger partial charge in [0, 0.05) is 31.9 Å². The quantitative estimate of drug-likeness (QED) is 0.831. The van der Waals surface area contributed by atoms with E-state index in [-0.39, 0.29) is 5.91 Å². The van der Waals surface area contributed by atoms with Crippen LogP contribution in [-0.4, -0.2) is 50.5 Å². The van der Waals surface area contributed by atoms with Gasteiger partial charge in [-0.25, -0.2) is 0 Å². The van der Waals surface area contributed by atoms with E-state index in [9.17, 15) is 4.79 Å². The van der Waals surface area contributed by atoms with Crippen LogP contribution in [0.15, 0.2) is 30.3 Å². The number of hydrogen-bond acceptors (Lipinski definition) is 6. The second kappa shape index (κ2) is 7.38. The molecule has 3 rings (SSSR count). The minimum atomic E-state index is -0.229. The Labute approximate surface area is 147 Å². The number of nitrogens with zero attached hydrogens (tertiary/aromatic N) is 4. The smallest absolute Gasteiger partial charge is 0.278 e. The van der Waals surface area contributed by atoms with Crippen LogP contribution in [0.4, 0.5) is 11.5 Å². The monoisotopic (exact) mass is 342 g/mol. The number of benzene rings is 1. The molecule has 0 bridgehead atoms. The molecule has 2 aromatic rings. The lowest BCUT2D eigenvalue weighted by molar-refractivity contribution is 0.0987. The van der Waals surface area contributed by atoms with Crippen LogP contribution in [0.5, 0.6) is 11.5 Å². The molecule has 0 atom stereocenters. The SMILES string of the molecule is COc1ccc(N(C)C(=O)c2ccc(N3CCCC3)nn2)cc1OC. The molecule has 7 heteroatoms. The molecule has 1 saturated heterocycles. The molecule has 1 aromatic heterocycles. The normalized spacial score (nSPS) is 13.6. The first-order valence-electron chi connectivity index (χ1n) is 8.23. The molecule has 1 amide bonds. The van der Waals surface area contributed by atoms with Gasteiger partial charge in [-0.05, 0) is 37.1 Å². The number of aromatic nitrogens is 2. The zero-order valence-electron chi connectivity index (χ0n) is 14.7. The minimum absolute atomic E-state index is 0.229. The van der Waals surface area contributed by atoms with Gasteiger partial charge >= 0.3 is 0 Å². The summed E-state index contributed by atoms with van der Waals surface area (Å²) < 4.78 is 10.5. The van der Waals surface area contributed by atoms with Crippen LogP contribution in [0.3, 0.4) is 0 Å². The highest BCUT2D eigenvalue weighted by Crippen LogP contribution is 2.31. The van der Waals surface area contributed by atoms with E-state index in [0.29, 0.717) is 22.9 Å². The van der Waals surface area contributed by atoms with E-state index in [1.807, 2.05) is 6.07 Å². The van der Waals surface area contributed by atoms with Crippen LogP contribution in [0.2, 0.25) is 0 Å². The van der Waals surface area contributed by atoms with Crippen molar-refractivity contribution < 1.29 is 14.3 Å². The van der Waals surface area contributed by atoms with E-state index in [0.717, 1.165) is 18.9 Å². The van der Waals surface area contributed by atoms with Crippen molar-refractivity contribution in [2.75, 3.05) is 44.2 Å². The molecule has 1 fully saturated rings. The Bertz CT molecular complexity index is 742. The molecule has 0 saturated carbocycles. The van der Waals surface area contributed by atoms with Crippen LogP contribution in [-0.2, 0) is 0 Å². The zero-order valence-corrected chi connectivity index (χ0v) is 14.7. The molecule has 0 spiro atoms. The van der Waals surface area contributed by atoms with Crippen molar-refractivity contribution in [3.05, 3.63) is 36.0 Å². The summed E-state index contributed by atoms with van der Waals surface area (Å²) in [6, 6.07) is 8.89. The van der Waals surface area contributed by atoms with Crippen molar-refractivity contribution in [3.8, 4) is 11.5 Å². The molecule has 0 aliphatic carbocycles. The first-order chi connectivity index (χ1) is 12.1. The summed E-state index contributed by atoms with van der Waals surface area (Å²) >= 11 is 0. The van der Waals surface area contributed by atoms with Gasteiger partial charge in [-0.1, -0.05) is 0 Å². The molecular weight excluding hydrogens is 320 g/mol. The molecule has 0 unspecified atom stereocenters. The van der Waals surface area contributed by atoms with E-state index in [4.69, 9.17) is 9.47 Å². The van der Waals surface area contributed by atoms with Crippen LogP contribution in [0.25, 0.3) is 0 Å². The number of carbonyl (C=O) groups excluding carboxylic acids is 1. The fourth-order valence-corrected chi connectivity index (χ4v) is 2.88. The zero-order chi connectivity index (χ0) is 17.8. The highest BCUT2D eigenvalue weighted by atomic mass is 16.5. The predicted molar refractivity (Wildman–Crippen MR) is 95.8 cm³/mol. The Balaban J connectivity index is 1.77. The number of carbonyl (C=O) groups is 1. The van der Waals surface area contributed by atoms with E-state index in [1.165, 1.54) is 17.7 Å². The molecule has 1 aromatic carbocycles. The summed E-state index contributed by atoms with van der Waals surface area (Å²) in [6.45, 7) is 1.99. The van der Waals surface area contributed by atoms with E-state index < -0.39 is 0 Å². The molecule has 7 nitrogen and oxygen atoms in total. The van der Waals surface area contributed by atoms with Gasteiger partial charge in [0.25, 0.3) is 5.91 Å². The Morgan fingerprint density at radius 2 is 1.76 bits per heavy atom. The lowest BCUT2D eigenvalue weighted by Gasteiger charge is -2.19. The maximum absolute atomic E-state index is 12.7. The van der Waals surface area contributed by atoms with Gasteiger partial charge in [0.1, 0.15) is 0 Å². The van der Waals surface area contributed by atoms with Crippen LogP contribution >= 0.6 is 0 Å². The summed E-state index contributed by atoms with van der Waals surface area (Å²) in [5.74, 6) is 1.77. The van der Waals surface area contributed by atoms with Gasteiger partial charge in [0.15, 0.2) is 23.0 Å². The fourth-order valence-electron chi connectivity index (χ4n) is 2.88. The summed E-state index contributed by atoms with van der Waals surface area (Å²) in [7, 11) is 4.83. The number of hydrogen-bond donors (Lipinski definition) is 0. The number of ether oxygens (including phenoxy) is 2. The molecule has 0 radical (unpaired) electrons. The van der Waals surface area contributed by atoms with E-state index in [2.05, 4.69) is 15.1 Å². The molecule has 1 aliphatic rings. The van der Waals surface area contributed by atoms with Gasteiger partial charge in [0.2, 0.25) is 0 Å². The Kier molecular flexibility index (Phi) is 5.02. The van der Waals surface area contributed by atoms with Gasteiger partial charge in [-0.15, -0.1) is 10.2 Å². The van der Waals surface area contributed by atoms with Gasteiger partial charge in [-0.3, -0.25) is 4.79 Å². The summed E-state index contributed by atoms with van der Waals surface area (Å²) in [4.78, 5) is 16.4.